The molecule has 1 unspecified atom stereocenters. The molecule has 0 saturated carbocycles. The van der Waals surface area contributed by atoms with E-state index in [0.717, 1.165) is 11.4 Å². The van der Waals surface area contributed by atoms with Gasteiger partial charge < -0.3 is 4.42 Å². The van der Waals surface area contributed by atoms with Crippen molar-refractivity contribution in [2.75, 3.05) is 0 Å². The van der Waals surface area contributed by atoms with Crippen LogP contribution in [-0.4, -0.2) is 4.98 Å². The van der Waals surface area contributed by atoms with E-state index < -0.39 is 6.04 Å². The summed E-state index contributed by atoms with van der Waals surface area (Å²) in [5.41, 5.74) is 4.50. The predicted molar refractivity (Wildman–Crippen MR) is 74.3 cm³/mol. The van der Waals surface area contributed by atoms with Crippen LogP contribution in [0.2, 0.25) is 0 Å². The van der Waals surface area contributed by atoms with Crippen molar-refractivity contribution in [3.63, 3.8) is 0 Å². The standard InChI is InChI=1S/C15H14FN3O/c1-9-4-2-7-12(18-9)14(19-17)13-8-10-5-3-6-11(16)15(10)20-13/h2-8,14,19H,17H2,1H3. The van der Waals surface area contributed by atoms with Gasteiger partial charge in [-0.2, -0.15) is 0 Å². The minimum absolute atomic E-state index is 0.232. The smallest absolute Gasteiger partial charge is 0.169 e. The first kappa shape index (κ1) is 12.8. The van der Waals surface area contributed by atoms with E-state index >= 15 is 0 Å². The molecule has 0 saturated heterocycles. The minimum atomic E-state index is -0.415. The number of rotatable bonds is 3. The van der Waals surface area contributed by atoms with E-state index in [2.05, 4.69) is 10.4 Å². The van der Waals surface area contributed by atoms with Gasteiger partial charge in [-0.1, -0.05) is 18.2 Å². The van der Waals surface area contributed by atoms with Gasteiger partial charge in [0, 0.05) is 11.1 Å². The molecule has 3 rings (SSSR count). The Kier molecular flexibility index (Phi) is 3.22. The lowest BCUT2D eigenvalue weighted by Crippen LogP contribution is -2.29. The Bertz CT molecular complexity index is 754. The van der Waals surface area contributed by atoms with Crippen molar-refractivity contribution >= 4 is 11.0 Å². The third kappa shape index (κ3) is 2.17. The summed E-state index contributed by atoms with van der Waals surface area (Å²) in [6.45, 7) is 1.90. The van der Waals surface area contributed by atoms with Crippen molar-refractivity contribution in [3.8, 4) is 0 Å². The summed E-state index contributed by atoms with van der Waals surface area (Å²) in [5, 5.41) is 0.702. The van der Waals surface area contributed by atoms with E-state index in [9.17, 15) is 4.39 Å². The fourth-order valence-corrected chi connectivity index (χ4v) is 2.23. The van der Waals surface area contributed by atoms with Crippen LogP contribution < -0.4 is 11.3 Å². The molecule has 0 spiro atoms. The number of aryl methyl sites for hydroxylation is 1. The van der Waals surface area contributed by atoms with Gasteiger partial charge in [-0.25, -0.2) is 9.82 Å². The number of nitrogens with one attached hydrogen (secondary N) is 1. The second-order valence-electron chi connectivity index (χ2n) is 4.61. The molecule has 0 aliphatic carbocycles. The van der Waals surface area contributed by atoms with E-state index in [1.807, 2.05) is 25.1 Å². The first-order valence-electron chi connectivity index (χ1n) is 6.26. The van der Waals surface area contributed by atoms with Gasteiger partial charge in [-0.3, -0.25) is 10.8 Å². The van der Waals surface area contributed by atoms with Gasteiger partial charge >= 0.3 is 0 Å². The number of nitrogens with two attached hydrogens (primary N) is 1. The summed E-state index contributed by atoms with van der Waals surface area (Å²) in [5.74, 6) is 5.75. The lowest BCUT2D eigenvalue weighted by Gasteiger charge is -2.12. The van der Waals surface area contributed by atoms with Gasteiger partial charge in [0.15, 0.2) is 11.4 Å². The Morgan fingerprint density at radius 3 is 2.75 bits per heavy atom. The van der Waals surface area contributed by atoms with Crippen LogP contribution in [0.15, 0.2) is 46.9 Å². The van der Waals surface area contributed by atoms with Crippen LogP contribution >= 0.6 is 0 Å². The normalized spacial score (nSPS) is 12.8. The topological polar surface area (TPSA) is 64.1 Å². The Morgan fingerprint density at radius 1 is 1.25 bits per heavy atom. The number of benzene rings is 1. The number of para-hydroxylation sites is 1. The number of hydrogen-bond acceptors (Lipinski definition) is 4. The summed E-state index contributed by atoms with van der Waals surface area (Å²) < 4.78 is 19.3. The van der Waals surface area contributed by atoms with Crippen LogP contribution in [0.25, 0.3) is 11.0 Å². The van der Waals surface area contributed by atoms with Crippen LogP contribution in [0.3, 0.4) is 0 Å². The van der Waals surface area contributed by atoms with Crippen molar-refractivity contribution in [2.45, 2.75) is 13.0 Å². The highest BCUT2D eigenvalue weighted by atomic mass is 19.1. The molecular weight excluding hydrogens is 257 g/mol. The van der Waals surface area contributed by atoms with Crippen LogP contribution in [0.5, 0.6) is 0 Å². The third-order valence-corrected chi connectivity index (χ3v) is 3.17. The zero-order chi connectivity index (χ0) is 14.1. The van der Waals surface area contributed by atoms with Gasteiger partial charge in [-0.15, -0.1) is 0 Å². The SMILES string of the molecule is Cc1cccc(C(NN)c2cc3cccc(F)c3o2)n1. The fraction of sp³-hybridized carbons (Fsp3) is 0.133. The number of furan rings is 1. The number of pyridine rings is 1. The van der Waals surface area contributed by atoms with E-state index in [0.29, 0.717) is 11.1 Å². The summed E-state index contributed by atoms with van der Waals surface area (Å²) >= 11 is 0. The molecule has 0 radical (unpaired) electrons. The van der Waals surface area contributed by atoms with Gasteiger partial charge in [0.2, 0.25) is 0 Å². The fourth-order valence-electron chi connectivity index (χ4n) is 2.23. The Balaban J connectivity index is 2.09. The Morgan fingerprint density at radius 2 is 2.05 bits per heavy atom. The number of hydrogen-bond donors (Lipinski definition) is 2. The van der Waals surface area contributed by atoms with Crippen molar-refractivity contribution in [3.05, 3.63) is 65.4 Å². The molecule has 0 amide bonds. The van der Waals surface area contributed by atoms with Crippen molar-refractivity contribution in [1.29, 1.82) is 0 Å². The van der Waals surface area contributed by atoms with Crippen molar-refractivity contribution in [2.24, 2.45) is 5.84 Å². The quantitative estimate of drug-likeness (QED) is 0.568. The predicted octanol–water partition coefficient (Wildman–Crippen LogP) is 2.83. The zero-order valence-corrected chi connectivity index (χ0v) is 10.9. The van der Waals surface area contributed by atoms with Crippen LogP contribution in [0.1, 0.15) is 23.2 Å². The van der Waals surface area contributed by atoms with E-state index in [4.69, 9.17) is 10.3 Å². The summed E-state index contributed by atoms with van der Waals surface area (Å²) in [6.07, 6.45) is 0. The summed E-state index contributed by atoms with van der Waals surface area (Å²) in [7, 11) is 0. The zero-order valence-electron chi connectivity index (χ0n) is 10.9. The summed E-state index contributed by atoms with van der Waals surface area (Å²) in [4.78, 5) is 4.42. The maximum absolute atomic E-state index is 13.7. The maximum Gasteiger partial charge on any atom is 0.169 e. The van der Waals surface area contributed by atoms with Crippen LogP contribution in [0, 0.1) is 12.7 Å². The van der Waals surface area contributed by atoms with Gasteiger partial charge in [0.25, 0.3) is 0 Å². The van der Waals surface area contributed by atoms with Crippen LogP contribution in [0.4, 0.5) is 4.39 Å². The van der Waals surface area contributed by atoms with Gasteiger partial charge in [0.05, 0.1) is 5.69 Å². The van der Waals surface area contributed by atoms with Gasteiger partial charge in [-0.05, 0) is 31.2 Å². The van der Waals surface area contributed by atoms with Crippen LogP contribution in [-0.2, 0) is 0 Å². The molecular formula is C15H14FN3O. The van der Waals surface area contributed by atoms with Gasteiger partial charge in [0.1, 0.15) is 11.8 Å². The van der Waals surface area contributed by atoms with E-state index in [1.54, 1.807) is 18.2 Å². The minimum Gasteiger partial charge on any atom is -0.456 e. The lowest BCUT2D eigenvalue weighted by atomic mass is 10.1. The maximum atomic E-state index is 13.7. The molecule has 2 heterocycles. The molecule has 0 bridgehead atoms. The number of halogens is 1. The first-order chi connectivity index (χ1) is 9.69. The molecule has 2 aromatic heterocycles. The largest absolute Gasteiger partial charge is 0.456 e. The monoisotopic (exact) mass is 271 g/mol. The molecule has 3 N–H and O–H groups in total. The number of nitrogens with zero attached hydrogens (tertiary/aromatic N) is 1. The average Bonchev–Trinajstić information content (AvgIpc) is 2.85. The molecule has 1 atom stereocenters. The molecule has 0 fully saturated rings. The van der Waals surface area contributed by atoms with Crippen molar-refractivity contribution < 1.29 is 8.81 Å². The highest BCUT2D eigenvalue weighted by Crippen LogP contribution is 2.28. The lowest BCUT2D eigenvalue weighted by molar-refractivity contribution is 0.459. The molecule has 102 valence electrons. The highest BCUT2D eigenvalue weighted by Gasteiger charge is 2.19. The average molecular weight is 271 g/mol. The molecule has 5 heteroatoms. The van der Waals surface area contributed by atoms with Crippen molar-refractivity contribution in [1.82, 2.24) is 10.4 Å². The molecule has 0 aliphatic heterocycles. The molecule has 3 aromatic rings. The van der Waals surface area contributed by atoms with E-state index in [1.165, 1.54) is 6.07 Å². The number of aromatic nitrogens is 1. The molecule has 0 aliphatic rings. The molecule has 4 nitrogen and oxygen atoms in total. The molecule has 20 heavy (non-hydrogen) atoms. The summed E-state index contributed by atoms with van der Waals surface area (Å²) in [6, 6.07) is 11.8. The highest BCUT2D eigenvalue weighted by molar-refractivity contribution is 5.78. The Labute approximate surface area is 115 Å². The second kappa shape index (κ2) is 5.03. The Hall–Kier alpha value is -2.24. The first-order valence-corrected chi connectivity index (χ1v) is 6.26. The third-order valence-electron chi connectivity index (χ3n) is 3.17. The molecule has 1 aromatic carbocycles. The number of hydrazine groups is 1. The second-order valence-corrected chi connectivity index (χ2v) is 4.61. The number of fused-ring (bicyclic) bond motifs is 1. The van der Waals surface area contributed by atoms with E-state index in [-0.39, 0.29) is 11.4 Å².